The molecule has 2 aromatic heterocycles. The van der Waals surface area contributed by atoms with Crippen molar-refractivity contribution in [3.63, 3.8) is 0 Å². The molecule has 0 spiro atoms. The van der Waals surface area contributed by atoms with E-state index in [4.69, 9.17) is 25.8 Å². The van der Waals surface area contributed by atoms with Crippen LogP contribution in [0.3, 0.4) is 0 Å². The second-order valence-electron chi connectivity index (χ2n) is 11.3. The minimum absolute atomic E-state index is 0.110. The molecule has 0 atom stereocenters. The number of hydrogen-bond donors (Lipinski definition) is 1. The Morgan fingerprint density at radius 1 is 1.07 bits per heavy atom. The Morgan fingerprint density at radius 3 is 2.48 bits per heavy atom. The van der Waals surface area contributed by atoms with Crippen molar-refractivity contribution in [3.8, 4) is 22.7 Å². The van der Waals surface area contributed by atoms with Crippen LogP contribution in [-0.4, -0.2) is 70.4 Å². The summed E-state index contributed by atoms with van der Waals surface area (Å²) in [6.07, 6.45) is 8.36. The van der Waals surface area contributed by atoms with Crippen LogP contribution in [0.2, 0.25) is 5.15 Å². The van der Waals surface area contributed by atoms with Gasteiger partial charge in [0.1, 0.15) is 17.6 Å². The Kier molecular flexibility index (Phi) is 8.75. The SMILES string of the molecule is CC(C)(C)OC(=O)N[C@H]1CC[C@@H](COc2c(Cl)ncnc2-c2cnn(-c3ccc(N4CCOCC4)cc3)c2)CC1. The number of morpholine rings is 1. The molecule has 0 bridgehead atoms. The lowest BCUT2D eigenvalue weighted by molar-refractivity contribution is 0.0483. The number of carbonyl (C=O) groups is 1. The van der Waals surface area contributed by atoms with E-state index in [1.54, 1.807) is 6.20 Å². The number of alkyl carbamates (subject to hydrolysis) is 1. The number of nitrogens with one attached hydrogen (secondary N) is 1. The van der Waals surface area contributed by atoms with Crippen LogP contribution in [-0.2, 0) is 9.47 Å². The third-order valence-electron chi connectivity index (χ3n) is 7.14. The number of anilines is 1. The molecular formula is C29H37ClN6O4. The van der Waals surface area contributed by atoms with Crippen molar-refractivity contribution in [2.75, 3.05) is 37.8 Å². The summed E-state index contributed by atoms with van der Waals surface area (Å²) >= 11 is 6.47. The third-order valence-corrected chi connectivity index (χ3v) is 7.41. The summed E-state index contributed by atoms with van der Waals surface area (Å²) in [5, 5.41) is 7.82. The maximum absolute atomic E-state index is 12.1. The van der Waals surface area contributed by atoms with Crippen molar-refractivity contribution in [2.45, 2.75) is 58.1 Å². The molecule has 0 radical (unpaired) electrons. The van der Waals surface area contributed by atoms with Gasteiger partial charge in [-0.3, -0.25) is 0 Å². The van der Waals surface area contributed by atoms with Crippen molar-refractivity contribution in [1.29, 1.82) is 0 Å². The summed E-state index contributed by atoms with van der Waals surface area (Å²) in [6, 6.07) is 8.44. The lowest BCUT2D eigenvalue weighted by Gasteiger charge is -2.30. The van der Waals surface area contributed by atoms with E-state index in [9.17, 15) is 4.79 Å². The van der Waals surface area contributed by atoms with Crippen LogP contribution in [0.15, 0.2) is 43.0 Å². The minimum atomic E-state index is -0.506. The van der Waals surface area contributed by atoms with Crippen LogP contribution in [0.5, 0.6) is 5.75 Å². The van der Waals surface area contributed by atoms with E-state index >= 15 is 0 Å². The summed E-state index contributed by atoms with van der Waals surface area (Å²) < 4.78 is 18.9. The summed E-state index contributed by atoms with van der Waals surface area (Å²) in [6.45, 7) is 9.38. The highest BCUT2D eigenvalue weighted by molar-refractivity contribution is 6.31. The number of nitrogens with zero attached hydrogens (tertiary/aromatic N) is 5. The van der Waals surface area contributed by atoms with Crippen LogP contribution in [0.25, 0.3) is 16.9 Å². The fraction of sp³-hybridized carbons (Fsp3) is 0.517. The number of carbonyl (C=O) groups excluding carboxylic acids is 1. The lowest BCUT2D eigenvalue weighted by atomic mass is 9.86. The summed E-state index contributed by atoms with van der Waals surface area (Å²) in [7, 11) is 0. The Morgan fingerprint density at radius 2 is 1.77 bits per heavy atom. The molecule has 1 saturated carbocycles. The molecule has 1 aliphatic heterocycles. The van der Waals surface area contributed by atoms with E-state index in [0.717, 1.165) is 63.2 Å². The van der Waals surface area contributed by atoms with Crippen molar-refractivity contribution in [2.24, 2.45) is 5.92 Å². The number of aromatic nitrogens is 4. The van der Waals surface area contributed by atoms with Gasteiger partial charge in [-0.1, -0.05) is 11.6 Å². The first-order chi connectivity index (χ1) is 19.2. The largest absolute Gasteiger partial charge is 0.488 e. The van der Waals surface area contributed by atoms with Crippen molar-refractivity contribution >= 4 is 23.4 Å². The fourth-order valence-electron chi connectivity index (χ4n) is 5.06. The highest BCUT2D eigenvalue weighted by atomic mass is 35.5. The van der Waals surface area contributed by atoms with Gasteiger partial charge in [0.25, 0.3) is 0 Å². The molecule has 1 amide bonds. The molecule has 1 N–H and O–H groups in total. The van der Waals surface area contributed by atoms with Crippen molar-refractivity contribution in [3.05, 3.63) is 48.1 Å². The van der Waals surface area contributed by atoms with Crippen molar-refractivity contribution < 1.29 is 19.0 Å². The highest BCUT2D eigenvalue weighted by Gasteiger charge is 2.26. The first-order valence-corrected chi connectivity index (χ1v) is 14.2. The molecule has 3 heterocycles. The molecular weight excluding hydrogens is 532 g/mol. The molecule has 2 aliphatic rings. The zero-order valence-corrected chi connectivity index (χ0v) is 24.1. The number of halogens is 1. The third kappa shape index (κ3) is 7.22. The minimum Gasteiger partial charge on any atom is -0.488 e. The highest BCUT2D eigenvalue weighted by Crippen LogP contribution is 2.35. The van der Waals surface area contributed by atoms with Gasteiger partial charge < -0.3 is 24.4 Å². The Bertz CT molecular complexity index is 1280. The number of amides is 1. The molecule has 40 heavy (non-hydrogen) atoms. The predicted octanol–water partition coefficient (Wildman–Crippen LogP) is 5.28. The van der Waals surface area contributed by atoms with Gasteiger partial charge in [-0.05, 0) is 76.6 Å². The Balaban J connectivity index is 1.19. The molecule has 10 nitrogen and oxygen atoms in total. The van der Waals surface area contributed by atoms with Crippen LogP contribution in [0.1, 0.15) is 46.5 Å². The van der Waals surface area contributed by atoms with E-state index in [2.05, 4.69) is 49.5 Å². The summed E-state index contributed by atoms with van der Waals surface area (Å²) in [4.78, 5) is 23.0. The first-order valence-electron chi connectivity index (χ1n) is 13.9. The fourth-order valence-corrected chi connectivity index (χ4v) is 5.25. The first kappa shape index (κ1) is 28.2. The van der Waals surface area contributed by atoms with Crippen LogP contribution in [0, 0.1) is 5.92 Å². The average molecular weight is 569 g/mol. The van der Waals surface area contributed by atoms with Crippen molar-refractivity contribution in [1.82, 2.24) is 25.1 Å². The normalized spacial score (nSPS) is 19.8. The topological polar surface area (TPSA) is 104 Å². The molecule has 2 fully saturated rings. The number of rotatable bonds is 7. The number of benzene rings is 1. The lowest BCUT2D eigenvalue weighted by Crippen LogP contribution is -2.41. The molecule has 1 saturated heterocycles. The molecule has 1 aromatic carbocycles. The summed E-state index contributed by atoms with van der Waals surface area (Å²) in [5.74, 6) is 0.800. The van der Waals surface area contributed by atoms with E-state index in [1.165, 1.54) is 12.0 Å². The van der Waals surface area contributed by atoms with E-state index in [-0.39, 0.29) is 17.3 Å². The Hall–Kier alpha value is -3.37. The van der Waals surface area contributed by atoms with Crippen LogP contribution >= 0.6 is 11.6 Å². The molecule has 5 rings (SSSR count). The number of hydrogen-bond acceptors (Lipinski definition) is 8. The standard InChI is InChI=1S/C29H37ClN6O4/c1-29(2,3)40-28(37)34-22-6-4-20(5-7-22)18-39-26-25(31-19-32-27(26)30)21-16-33-36(17-21)24-10-8-23(9-11-24)35-12-14-38-15-13-35/h8-11,16-17,19-20,22H,4-7,12-15,18H2,1-3H3,(H,34,37)/t20-,22+. The van der Waals surface area contributed by atoms with Gasteiger partial charge in [0.05, 0.1) is 31.7 Å². The molecule has 11 heteroatoms. The predicted molar refractivity (Wildman–Crippen MR) is 153 cm³/mol. The van der Waals surface area contributed by atoms with Gasteiger partial charge in [0, 0.05) is 36.6 Å². The van der Waals surface area contributed by atoms with Crippen LogP contribution < -0.4 is 15.0 Å². The van der Waals surface area contributed by atoms with Gasteiger partial charge in [-0.25, -0.2) is 19.4 Å². The second-order valence-corrected chi connectivity index (χ2v) is 11.7. The zero-order valence-electron chi connectivity index (χ0n) is 23.3. The van der Waals surface area contributed by atoms with E-state index in [1.807, 2.05) is 31.6 Å². The van der Waals surface area contributed by atoms with Gasteiger partial charge in [0.15, 0.2) is 10.9 Å². The number of ether oxygens (including phenoxy) is 3. The second kappa shape index (κ2) is 12.4. The maximum Gasteiger partial charge on any atom is 0.407 e. The molecule has 1 aliphatic carbocycles. The Labute approximate surface area is 240 Å². The smallest absolute Gasteiger partial charge is 0.407 e. The van der Waals surface area contributed by atoms with Gasteiger partial charge in [-0.15, -0.1) is 0 Å². The summed E-state index contributed by atoms with van der Waals surface area (Å²) in [5.41, 5.74) is 3.02. The molecule has 0 unspecified atom stereocenters. The van der Waals surface area contributed by atoms with Gasteiger partial charge in [-0.2, -0.15) is 5.10 Å². The van der Waals surface area contributed by atoms with Crippen LogP contribution in [0.4, 0.5) is 10.5 Å². The molecule has 214 valence electrons. The van der Waals surface area contributed by atoms with E-state index < -0.39 is 5.60 Å². The monoisotopic (exact) mass is 568 g/mol. The van der Waals surface area contributed by atoms with E-state index in [0.29, 0.717) is 24.0 Å². The average Bonchev–Trinajstić information content (AvgIpc) is 3.43. The zero-order chi connectivity index (χ0) is 28.1. The van der Waals surface area contributed by atoms with Gasteiger partial charge in [0.2, 0.25) is 0 Å². The quantitative estimate of drug-likeness (QED) is 0.384. The molecule has 3 aromatic rings. The van der Waals surface area contributed by atoms with Gasteiger partial charge >= 0.3 is 6.09 Å². The maximum atomic E-state index is 12.1.